The summed E-state index contributed by atoms with van der Waals surface area (Å²) < 4.78 is 0. The van der Waals surface area contributed by atoms with Gasteiger partial charge < -0.3 is 24.4 Å². The Kier molecular flexibility index (Phi) is 8.66. The number of aldehydes is 1. The van der Waals surface area contributed by atoms with Crippen molar-refractivity contribution >= 4 is 29.1 Å². The van der Waals surface area contributed by atoms with E-state index in [1.807, 2.05) is 34.9 Å². The van der Waals surface area contributed by atoms with Crippen LogP contribution in [-0.2, 0) is 9.59 Å². The molecule has 3 amide bonds. The highest BCUT2D eigenvalue weighted by atomic mass is 16.2. The van der Waals surface area contributed by atoms with Gasteiger partial charge in [0.05, 0.1) is 11.4 Å². The monoisotopic (exact) mass is 616 g/mol. The van der Waals surface area contributed by atoms with Gasteiger partial charge >= 0.3 is 6.03 Å². The van der Waals surface area contributed by atoms with Gasteiger partial charge in [0, 0.05) is 69.2 Å². The molecule has 1 aromatic heterocycles. The summed E-state index contributed by atoms with van der Waals surface area (Å²) in [5.41, 5.74) is 2.35. The highest BCUT2D eigenvalue weighted by Crippen LogP contribution is 2.56. The number of likely N-dealkylation sites (tertiary alicyclic amines) is 2. The number of H-pyrrole nitrogens is 1. The average Bonchev–Trinajstić information content (AvgIpc) is 3.89. The van der Waals surface area contributed by atoms with Crippen LogP contribution in [-0.4, -0.2) is 107 Å². The Morgan fingerprint density at radius 1 is 0.978 bits per heavy atom. The van der Waals surface area contributed by atoms with E-state index in [0.29, 0.717) is 17.8 Å². The highest BCUT2D eigenvalue weighted by Gasteiger charge is 2.61. The Bertz CT molecular complexity index is 1380. The van der Waals surface area contributed by atoms with Crippen molar-refractivity contribution in [3.63, 3.8) is 0 Å². The molecule has 0 spiro atoms. The largest absolute Gasteiger partial charge is 0.345 e. The van der Waals surface area contributed by atoms with Gasteiger partial charge in [-0.05, 0) is 93.7 Å². The SMILES string of the molecule is CC1C2CC(C(C(=O)N(C)CC3CCCC3CN3CCC(c4[nH]nc5ccccc45)CC3)C2C=O)C1N(C)C(=O)N1CCCC1. The Balaban J connectivity index is 0.959. The topological polar surface area (TPSA) is 92.9 Å². The van der Waals surface area contributed by atoms with Gasteiger partial charge in [0.2, 0.25) is 5.91 Å². The number of para-hydroxylation sites is 1. The number of fused-ring (bicyclic) bond motifs is 3. The molecule has 2 aliphatic heterocycles. The van der Waals surface area contributed by atoms with Crippen molar-refractivity contribution in [3.8, 4) is 0 Å². The van der Waals surface area contributed by atoms with Crippen molar-refractivity contribution in [2.24, 2.45) is 41.4 Å². The number of hydrogen-bond acceptors (Lipinski definition) is 5. The lowest BCUT2D eigenvalue weighted by Gasteiger charge is -2.43. The summed E-state index contributed by atoms with van der Waals surface area (Å²) in [4.78, 5) is 48.4. The summed E-state index contributed by atoms with van der Waals surface area (Å²) in [7, 11) is 3.89. The summed E-state index contributed by atoms with van der Waals surface area (Å²) in [5.74, 6) is 1.65. The third-order valence-electron chi connectivity index (χ3n) is 12.8. The molecule has 8 unspecified atom stereocenters. The number of benzene rings is 1. The number of nitrogens with one attached hydrogen (secondary N) is 1. The smallest absolute Gasteiger partial charge is 0.320 e. The van der Waals surface area contributed by atoms with Crippen LogP contribution in [0.3, 0.4) is 0 Å². The lowest BCUT2D eigenvalue weighted by atomic mass is 9.71. The number of carbonyl (C=O) groups excluding carboxylic acids is 3. The van der Waals surface area contributed by atoms with Gasteiger partial charge in [-0.15, -0.1) is 0 Å². The highest BCUT2D eigenvalue weighted by molar-refractivity contribution is 5.84. The van der Waals surface area contributed by atoms with Crippen molar-refractivity contribution in [3.05, 3.63) is 30.0 Å². The van der Waals surface area contributed by atoms with E-state index >= 15 is 0 Å². The van der Waals surface area contributed by atoms with Crippen LogP contribution in [0.5, 0.6) is 0 Å². The molecular formula is C36H52N6O3. The number of hydrogen-bond donors (Lipinski definition) is 1. The predicted molar refractivity (Wildman–Crippen MR) is 175 cm³/mol. The van der Waals surface area contributed by atoms with Crippen LogP contribution in [0.25, 0.3) is 10.9 Å². The molecule has 1 aromatic carbocycles. The van der Waals surface area contributed by atoms with Crippen LogP contribution in [0.2, 0.25) is 0 Å². The van der Waals surface area contributed by atoms with E-state index in [1.165, 1.54) is 30.3 Å². The molecule has 45 heavy (non-hydrogen) atoms. The summed E-state index contributed by atoms with van der Waals surface area (Å²) in [6, 6.07) is 8.52. The van der Waals surface area contributed by atoms with E-state index in [9.17, 15) is 14.4 Å². The lowest BCUT2D eigenvalue weighted by Crippen LogP contribution is -2.55. The number of amides is 3. The van der Waals surface area contributed by atoms with Crippen molar-refractivity contribution in [2.75, 3.05) is 53.4 Å². The molecule has 2 bridgehead atoms. The molecule has 2 saturated heterocycles. The molecular weight excluding hydrogens is 564 g/mol. The molecule has 2 aromatic rings. The molecule has 5 aliphatic rings. The van der Waals surface area contributed by atoms with E-state index in [0.717, 1.165) is 83.2 Å². The van der Waals surface area contributed by atoms with Gasteiger partial charge in [-0.3, -0.25) is 9.89 Å². The van der Waals surface area contributed by atoms with Crippen LogP contribution in [0.4, 0.5) is 4.79 Å². The quantitative estimate of drug-likeness (QED) is 0.428. The number of carbonyl (C=O) groups is 3. The first-order valence-corrected chi connectivity index (χ1v) is 17.7. The minimum Gasteiger partial charge on any atom is -0.345 e. The van der Waals surface area contributed by atoms with Gasteiger partial charge in [-0.1, -0.05) is 31.5 Å². The fourth-order valence-corrected chi connectivity index (χ4v) is 10.5. The van der Waals surface area contributed by atoms with Crippen LogP contribution < -0.4 is 0 Å². The zero-order chi connectivity index (χ0) is 31.2. The van der Waals surface area contributed by atoms with Crippen molar-refractivity contribution < 1.29 is 14.4 Å². The van der Waals surface area contributed by atoms with Crippen LogP contribution in [0, 0.1) is 41.4 Å². The van der Waals surface area contributed by atoms with E-state index in [1.54, 1.807) is 0 Å². The van der Waals surface area contributed by atoms with Crippen LogP contribution in [0.1, 0.15) is 69.9 Å². The maximum atomic E-state index is 14.2. The minimum atomic E-state index is -0.315. The number of urea groups is 1. The first-order valence-electron chi connectivity index (χ1n) is 17.7. The molecule has 3 saturated carbocycles. The number of nitrogens with zero attached hydrogens (tertiary/aromatic N) is 5. The van der Waals surface area contributed by atoms with Gasteiger partial charge in [0.25, 0.3) is 0 Å². The Labute approximate surface area is 268 Å². The molecule has 3 aliphatic carbocycles. The number of aromatic amines is 1. The van der Waals surface area contributed by atoms with Gasteiger partial charge in [0.15, 0.2) is 0 Å². The zero-order valence-corrected chi connectivity index (χ0v) is 27.4. The zero-order valence-electron chi connectivity index (χ0n) is 27.4. The lowest BCUT2D eigenvalue weighted by molar-refractivity contribution is -0.142. The minimum absolute atomic E-state index is 0.0172. The molecule has 1 N–H and O–H groups in total. The third kappa shape index (κ3) is 5.57. The van der Waals surface area contributed by atoms with Gasteiger partial charge in [-0.2, -0.15) is 5.10 Å². The number of rotatable bonds is 8. The average molecular weight is 617 g/mol. The van der Waals surface area contributed by atoms with E-state index < -0.39 is 0 Å². The standard InChI is InChI=1S/C36H52N6O3/c1-23-28-19-29(34(23)40(3)36(45)42-15-6-7-16-42)32(30(28)22-43)35(44)39(2)20-25-9-8-10-26(25)21-41-17-13-24(14-18-41)33-27-11-4-5-12-31(27)37-38-33/h4-5,11-12,22-26,28-30,32,34H,6-10,13-21H2,1-3H3,(H,37,38). The molecule has 8 atom stereocenters. The second-order valence-corrected chi connectivity index (χ2v) is 15.1. The van der Waals surface area contributed by atoms with E-state index in [2.05, 4.69) is 40.2 Å². The second kappa shape index (κ2) is 12.7. The Hall–Kier alpha value is -2.94. The summed E-state index contributed by atoms with van der Waals surface area (Å²) in [6.45, 7) is 7.91. The maximum Gasteiger partial charge on any atom is 0.320 e. The fraction of sp³-hybridized carbons (Fsp3) is 0.722. The molecule has 9 heteroatoms. The predicted octanol–water partition coefficient (Wildman–Crippen LogP) is 4.85. The second-order valence-electron chi connectivity index (χ2n) is 15.1. The first kappa shape index (κ1) is 30.7. The molecule has 0 radical (unpaired) electrons. The first-order chi connectivity index (χ1) is 21.9. The fourth-order valence-electron chi connectivity index (χ4n) is 10.5. The van der Waals surface area contributed by atoms with Crippen molar-refractivity contribution in [2.45, 2.75) is 70.3 Å². The molecule has 9 nitrogen and oxygen atoms in total. The van der Waals surface area contributed by atoms with Crippen LogP contribution in [0.15, 0.2) is 24.3 Å². The number of piperidine rings is 1. The summed E-state index contributed by atoms with van der Waals surface area (Å²) in [6.07, 6.45) is 9.97. The van der Waals surface area contributed by atoms with E-state index in [4.69, 9.17) is 0 Å². The normalized spacial score (nSPS) is 33.7. The van der Waals surface area contributed by atoms with Gasteiger partial charge in [0.1, 0.15) is 6.29 Å². The summed E-state index contributed by atoms with van der Waals surface area (Å²) in [5, 5.41) is 9.12. The molecule has 7 rings (SSSR count). The molecule has 244 valence electrons. The number of aromatic nitrogens is 2. The molecule has 3 heterocycles. The van der Waals surface area contributed by atoms with E-state index in [-0.39, 0.29) is 47.6 Å². The van der Waals surface area contributed by atoms with Crippen molar-refractivity contribution in [1.29, 1.82) is 0 Å². The van der Waals surface area contributed by atoms with Gasteiger partial charge in [-0.25, -0.2) is 4.79 Å². The van der Waals surface area contributed by atoms with Crippen molar-refractivity contribution in [1.82, 2.24) is 29.8 Å². The maximum absolute atomic E-state index is 14.2. The Morgan fingerprint density at radius 2 is 1.71 bits per heavy atom. The van der Waals surface area contributed by atoms with Crippen LogP contribution >= 0.6 is 0 Å². The third-order valence-corrected chi connectivity index (χ3v) is 12.8. The molecule has 5 fully saturated rings. The Morgan fingerprint density at radius 3 is 2.47 bits per heavy atom. The summed E-state index contributed by atoms with van der Waals surface area (Å²) >= 11 is 0.